The summed E-state index contributed by atoms with van der Waals surface area (Å²) in [5, 5.41) is 1.61. The molecule has 0 aliphatic carbocycles. The molecule has 0 N–H and O–H groups in total. The summed E-state index contributed by atoms with van der Waals surface area (Å²) in [7, 11) is 0. The fourth-order valence-electron chi connectivity index (χ4n) is 3.31. The van der Waals surface area contributed by atoms with E-state index in [1.54, 1.807) is 6.07 Å². The third-order valence-corrected chi connectivity index (χ3v) is 5.04. The van der Waals surface area contributed by atoms with Gasteiger partial charge in [-0.05, 0) is 54.0 Å². The summed E-state index contributed by atoms with van der Waals surface area (Å²) >= 11 is 0. The summed E-state index contributed by atoms with van der Waals surface area (Å²) in [6, 6.07) is 18.0. The summed E-state index contributed by atoms with van der Waals surface area (Å²) in [5.41, 5.74) is 3.93. The van der Waals surface area contributed by atoms with Gasteiger partial charge in [-0.1, -0.05) is 81.3 Å². The van der Waals surface area contributed by atoms with E-state index in [2.05, 4.69) is 50.0 Å². The first kappa shape index (κ1) is 19.2. The molecule has 0 aromatic heterocycles. The second-order valence-corrected chi connectivity index (χ2v) is 7.09. The number of unbranched alkanes of at least 4 members (excludes halogenated alkanes) is 3. The Morgan fingerprint density at radius 1 is 0.778 bits per heavy atom. The number of rotatable bonds is 6. The fraction of sp³-hybridized carbons (Fsp3) is 0.308. The minimum atomic E-state index is -0.220. The molecule has 3 rings (SSSR count). The molecule has 0 atom stereocenters. The van der Waals surface area contributed by atoms with E-state index in [1.165, 1.54) is 36.8 Å². The van der Waals surface area contributed by atoms with Gasteiger partial charge in [0.2, 0.25) is 0 Å². The Morgan fingerprint density at radius 3 is 2.30 bits per heavy atom. The van der Waals surface area contributed by atoms with Gasteiger partial charge >= 0.3 is 0 Å². The first-order chi connectivity index (χ1) is 13.2. The average molecular weight is 359 g/mol. The molecule has 3 aromatic rings. The minimum Gasteiger partial charge on any atom is -0.205 e. The lowest BCUT2D eigenvalue weighted by Crippen LogP contribution is -1.90. The van der Waals surface area contributed by atoms with E-state index < -0.39 is 0 Å². The lowest BCUT2D eigenvalue weighted by atomic mass is 10.00. The Hall–Kier alpha value is -2.59. The Bertz CT molecular complexity index is 955. The highest BCUT2D eigenvalue weighted by atomic mass is 19.1. The molecule has 0 radical (unpaired) electrons. The summed E-state index contributed by atoms with van der Waals surface area (Å²) in [4.78, 5) is 0. The molecule has 27 heavy (non-hydrogen) atoms. The van der Waals surface area contributed by atoms with E-state index in [0.29, 0.717) is 10.9 Å². The second kappa shape index (κ2) is 9.38. The zero-order valence-electron chi connectivity index (χ0n) is 16.3. The van der Waals surface area contributed by atoms with E-state index in [4.69, 9.17) is 0 Å². The summed E-state index contributed by atoms with van der Waals surface area (Å²) in [6.45, 7) is 4.35. The molecule has 1 heteroatoms. The number of hydrogen-bond donors (Lipinski definition) is 0. The number of benzene rings is 3. The molecule has 0 saturated heterocycles. The number of fused-ring (bicyclic) bond motifs is 1. The first-order valence-corrected chi connectivity index (χ1v) is 10.0. The fourth-order valence-corrected chi connectivity index (χ4v) is 3.31. The summed E-state index contributed by atoms with van der Waals surface area (Å²) in [6.07, 6.45) is 7.06. The van der Waals surface area contributed by atoms with Crippen LogP contribution in [0.3, 0.4) is 0 Å². The van der Waals surface area contributed by atoms with Crippen LogP contribution in [-0.4, -0.2) is 0 Å². The predicted octanol–water partition coefficient (Wildman–Crippen LogP) is 7.06. The van der Waals surface area contributed by atoms with E-state index in [9.17, 15) is 4.39 Å². The van der Waals surface area contributed by atoms with Crippen molar-refractivity contribution in [3.05, 3.63) is 82.7 Å². The van der Waals surface area contributed by atoms with Gasteiger partial charge in [0.1, 0.15) is 5.82 Å². The van der Waals surface area contributed by atoms with Crippen LogP contribution < -0.4 is 0 Å². The van der Waals surface area contributed by atoms with Gasteiger partial charge < -0.3 is 0 Å². The van der Waals surface area contributed by atoms with Crippen LogP contribution >= 0.6 is 0 Å². The van der Waals surface area contributed by atoms with Gasteiger partial charge in [-0.3, -0.25) is 0 Å². The average Bonchev–Trinajstić information content (AvgIpc) is 2.71. The molecule has 3 aromatic carbocycles. The van der Waals surface area contributed by atoms with Crippen molar-refractivity contribution in [2.75, 3.05) is 0 Å². The molecular weight excluding hydrogens is 331 g/mol. The number of hydrogen-bond acceptors (Lipinski definition) is 0. The van der Waals surface area contributed by atoms with Crippen molar-refractivity contribution < 1.29 is 4.39 Å². The third-order valence-electron chi connectivity index (χ3n) is 5.04. The van der Waals surface area contributed by atoms with E-state index in [-0.39, 0.29) is 5.82 Å². The van der Waals surface area contributed by atoms with Crippen molar-refractivity contribution in [3.8, 4) is 11.8 Å². The van der Waals surface area contributed by atoms with Crippen LogP contribution in [0.1, 0.15) is 61.8 Å². The molecule has 0 nitrogen and oxygen atoms in total. The maximum Gasteiger partial charge on any atom is 0.146 e. The Morgan fingerprint density at radius 2 is 1.56 bits per heavy atom. The monoisotopic (exact) mass is 358 g/mol. The van der Waals surface area contributed by atoms with Crippen LogP contribution in [0.15, 0.2) is 54.6 Å². The van der Waals surface area contributed by atoms with Crippen LogP contribution in [0.4, 0.5) is 4.39 Å². The molecule has 0 bridgehead atoms. The van der Waals surface area contributed by atoms with Gasteiger partial charge in [0, 0.05) is 10.9 Å². The molecule has 0 saturated carbocycles. The van der Waals surface area contributed by atoms with Crippen molar-refractivity contribution in [1.29, 1.82) is 0 Å². The maximum absolute atomic E-state index is 14.9. The largest absolute Gasteiger partial charge is 0.205 e. The number of aryl methyl sites for hydroxylation is 2. The van der Waals surface area contributed by atoms with Crippen LogP contribution in [0.2, 0.25) is 0 Å². The van der Waals surface area contributed by atoms with Crippen molar-refractivity contribution in [2.45, 2.75) is 52.4 Å². The highest BCUT2D eigenvalue weighted by Crippen LogP contribution is 2.23. The van der Waals surface area contributed by atoms with Crippen LogP contribution in [0.5, 0.6) is 0 Å². The Labute approximate surface area is 162 Å². The Balaban J connectivity index is 1.79. The summed E-state index contributed by atoms with van der Waals surface area (Å²) in [5.74, 6) is 5.86. The lowest BCUT2D eigenvalue weighted by molar-refractivity contribution is 0.636. The molecule has 0 amide bonds. The van der Waals surface area contributed by atoms with Crippen LogP contribution in [-0.2, 0) is 12.8 Å². The van der Waals surface area contributed by atoms with Gasteiger partial charge in [-0.2, -0.15) is 0 Å². The van der Waals surface area contributed by atoms with Crippen LogP contribution in [0.25, 0.3) is 10.8 Å². The van der Waals surface area contributed by atoms with Gasteiger partial charge in [-0.25, -0.2) is 4.39 Å². The topological polar surface area (TPSA) is 0 Å². The third kappa shape index (κ3) is 4.98. The van der Waals surface area contributed by atoms with Gasteiger partial charge in [0.25, 0.3) is 0 Å². The van der Waals surface area contributed by atoms with Crippen molar-refractivity contribution in [2.24, 2.45) is 0 Å². The number of halogens is 1. The highest BCUT2D eigenvalue weighted by Gasteiger charge is 2.06. The van der Waals surface area contributed by atoms with E-state index >= 15 is 0 Å². The van der Waals surface area contributed by atoms with Gasteiger partial charge in [0.05, 0.1) is 5.56 Å². The van der Waals surface area contributed by atoms with Crippen molar-refractivity contribution in [3.63, 3.8) is 0 Å². The molecule has 0 aliphatic rings. The molecule has 138 valence electrons. The summed E-state index contributed by atoms with van der Waals surface area (Å²) < 4.78 is 14.9. The predicted molar refractivity (Wildman–Crippen MR) is 114 cm³/mol. The van der Waals surface area contributed by atoms with Crippen molar-refractivity contribution in [1.82, 2.24) is 0 Å². The molecule has 0 heterocycles. The normalized spacial score (nSPS) is 10.6. The molecule has 0 fully saturated rings. The van der Waals surface area contributed by atoms with Gasteiger partial charge in [0.15, 0.2) is 0 Å². The second-order valence-electron chi connectivity index (χ2n) is 7.09. The standard InChI is InChI=1S/C26H27F/c1-3-5-6-7-8-22-14-18-25-24(19-22)17-16-23(26(25)27)15-13-21-11-9-20(4-2)10-12-21/h9-12,14,16-19H,3-8H2,1-2H3. The zero-order chi connectivity index (χ0) is 19.1. The molecule has 0 aliphatic heterocycles. The van der Waals surface area contributed by atoms with E-state index in [0.717, 1.165) is 23.8 Å². The first-order valence-electron chi connectivity index (χ1n) is 10.0. The van der Waals surface area contributed by atoms with Gasteiger partial charge in [-0.15, -0.1) is 0 Å². The SMILES string of the molecule is CCCCCCc1ccc2c(F)c(C#Cc3ccc(CC)cc3)ccc2c1. The van der Waals surface area contributed by atoms with Crippen molar-refractivity contribution >= 4 is 10.8 Å². The zero-order valence-corrected chi connectivity index (χ0v) is 16.3. The molecular formula is C26H27F. The molecule has 0 unspecified atom stereocenters. The Kier molecular flexibility index (Phi) is 6.66. The van der Waals surface area contributed by atoms with Crippen LogP contribution in [0, 0.1) is 17.7 Å². The maximum atomic E-state index is 14.9. The van der Waals surface area contributed by atoms with E-state index in [1.807, 2.05) is 24.3 Å². The quantitative estimate of drug-likeness (QED) is 0.327. The molecule has 0 spiro atoms. The minimum absolute atomic E-state index is 0.220. The lowest BCUT2D eigenvalue weighted by Gasteiger charge is -2.06. The smallest absolute Gasteiger partial charge is 0.146 e. The highest BCUT2D eigenvalue weighted by molar-refractivity contribution is 5.85.